The van der Waals surface area contributed by atoms with Crippen molar-refractivity contribution < 1.29 is 42.5 Å². The fraction of sp³-hybridized carbons (Fsp3) is 0.541. The summed E-state index contributed by atoms with van der Waals surface area (Å²) >= 11 is 0. The number of rotatable bonds is 17. The van der Waals surface area contributed by atoms with Crippen molar-refractivity contribution >= 4 is 26.5 Å². The van der Waals surface area contributed by atoms with E-state index < -0.39 is 38.7 Å². The zero-order valence-corrected chi connectivity index (χ0v) is 30.5. The number of nitrogens with zero attached hydrogens (tertiary/aromatic N) is 1. The summed E-state index contributed by atoms with van der Waals surface area (Å²) in [6.07, 6.45) is 0.908. The SMILES string of the molecule is COCC(=O)O[C@@H]1C=C(CCCO[Si](C(C)C)(C(C)C)C(C)C)N(C(=O)OCc2ccccc2)[C@@H](COC(=O)OCc2ccccc2)C1. The van der Waals surface area contributed by atoms with E-state index in [1.807, 2.05) is 60.7 Å². The van der Waals surface area contributed by atoms with Crippen LogP contribution in [0.3, 0.4) is 0 Å². The molecule has 0 N–H and O–H groups in total. The Morgan fingerprint density at radius 3 is 1.92 bits per heavy atom. The van der Waals surface area contributed by atoms with Crippen molar-refractivity contribution in [2.24, 2.45) is 0 Å². The van der Waals surface area contributed by atoms with Crippen LogP contribution >= 0.6 is 0 Å². The molecule has 0 fully saturated rings. The van der Waals surface area contributed by atoms with E-state index in [4.69, 9.17) is 28.1 Å². The van der Waals surface area contributed by atoms with E-state index in [-0.39, 0.29) is 32.8 Å². The molecule has 10 nitrogen and oxygen atoms in total. The number of carbonyl (C=O) groups excluding carboxylic acids is 3. The summed E-state index contributed by atoms with van der Waals surface area (Å²) in [7, 11) is -0.681. The molecular formula is C37H53NO9Si. The molecule has 0 bridgehead atoms. The number of methoxy groups -OCH3 is 1. The van der Waals surface area contributed by atoms with Crippen molar-refractivity contribution in [1.82, 2.24) is 4.90 Å². The van der Waals surface area contributed by atoms with E-state index in [0.29, 0.717) is 41.8 Å². The minimum atomic E-state index is -2.10. The number of ether oxygens (including phenoxy) is 5. The van der Waals surface area contributed by atoms with E-state index in [2.05, 4.69) is 41.5 Å². The van der Waals surface area contributed by atoms with Crippen molar-refractivity contribution in [3.8, 4) is 0 Å². The molecule has 2 aromatic carbocycles. The molecule has 0 spiro atoms. The Labute approximate surface area is 286 Å². The molecule has 48 heavy (non-hydrogen) atoms. The number of esters is 1. The smallest absolute Gasteiger partial charge is 0.456 e. The first-order valence-electron chi connectivity index (χ1n) is 16.8. The highest BCUT2D eigenvalue weighted by Gasteiger charge is 2.45. The predicted octanol–water partition coefficient (Wildman–Crippen LogP) is 8.17. The van der Waals surface area contributed by atoms with E-state index in [0.717, 1.165) is 11.1 Å². The first-order valence-corrected chi connectivity index (χ1v) is 19.0. The van der Waals surface area contributed by atoms with Crippen LogP contribution in [0.15, 0.2) is 72.4 Å². The summed E-state index contributed by atoms with van der Waals surface area (Å²) in [6.45, 7) is 13.7. The zero-order chi connectivity index (χ0) is 35.1. The maximum atomic E-state index is 13.8. The molecule has 0 aliphatic carbocycles. The van der Waals surface area contributed by atoms with Gasteiger partial charge in [-0.15, -0.1) is 0 Å². The first kappa shape index (κ1) is 38.8. The van der Waals surface area contributed by atoms with Gasteiger partial charge in [0.1, 0.15) is 32.5 Å². The fourth-order valence-electron chi connectivity index (χ4n) is 6.70. The second-order valence-electron chi connectivity index (χ2n) is 13.0. The molecule has 0 saturated carbocycles. The quantitative estimate of drug-likeness (QED) is 0.0706. The summed E-state index contributed by atoms with van der Waals surface area (Å²) in [5, 5.41) is 0. The van der Waals surface area contributed by atoms with Gasteiger partial charge in [-0.2, -0.15) is 0 Å². The van der Waals surface area contributed by atoms with Crippen LogP contribution in [-0.4, -0.2) is 70.5 Å². The number of hydrogen-bond acceptors (Lipinski definition) is 9. The van der Waals surface area contributed by atoms with Gasteiger partial charge in [-0.3, -0.25) is 4.90 Å². The van der Waals surface area contributed by atoms with Crippen LogP contribution < -0.4 is 0 Å². The van der Waals surface area contributed by atoms with Crippen LogP contribution in [-0.2, 0) is 46.1 Å². The Kier molecular flexibility index (Phi) is 15.6. The zero-order valence-electron chi connectivity index (χ0n) is 29.5. The average molecular weight is 684 g/mol. The average Bonchev–Trinajstić information content (AvgIpc) is 3.05. The summed E-state index contributed by atoms with van der Waals surface area (Å²) in [5.74, 6) is -0.537. The molecule has 1 heterocycles. The summed E-state index contributed by atoms with van der Waals surface area (Å²) < 4.78 is 34.1. The van der Waals surface area contributed by atoms with Crippen LogP contribution in [0, 0.1) is 0 Å². The Morgan fingerprint density at radius 2 is 1.38 bits per heavy atom. The Balaban J connectivity index is 1.82. The molecule has 11 heteroatoms. The van der Waals surface area contributed by atoms with Gasteiger partial charge in [0.2, 0.25) is 0 Å². The van der Waals surface area contributed by atoms with Crippen LogP contribution in [0.25, 0.3) is 0 Å². The summed E-state index contributed by atoms with van der Waals surface area (Å²) in [5.41, 5.74) is 3.56. The second-order valence-corrected chi connectivity index (χ2v) is 18.5. The standard InChI is InChI=1S/C37H53NO9Si/c1-27(2)48(28(3)4,29(5)6)46-20-14-19-32-21-34(47-35(39)26-42-7)22-33(25-45-37(41)44-24-31-17-12-9-13-18-31)38(32)36(40)43-23-30-15-10-8-11-16-30/h8-13,15-18,21,27-29,33-34H,14,19-20,22-26H2,1-7H3/t33-,34-/m1/s1. The van der Waals surface area contributed by atoms with Crippen molar-refractivity contribution in [3.63, 3.8) is 0 Å². The number of allylic oxidation sites excluding steroid dienone is 1. The highest BCUT2D eigenvalue weighted by atomic mass is 28.4. The van der Waals surface area contributed by atoms with Crippen molar-refractivity contribution in [2.75, 3.05) is 26.9 Å². The number of amides is 1. The molecule has 1 amide bonds. The number of hydrogen-bond donors (Lipinski definition) is 0. The van der Waals surface area contributed by atoms with Crippen LogP contribution in [0.5, 0.6) is 0 Å². The molecular weight excluding hydrogens is 630 g/mol. The lowest BCUT2D eigenvalue weighted by atomic mass is 9.99. The molecule has 3 rings (SSSR count). The van der Waals surface area contributed by atoms with Gasteiger partial charge >= 0.3 is 18.2 Å². The van der Waals surface area contributed by atoms with Crippen molar-refractivity contribution in [1.29, 1.82) is 0 Å². The van der Waals surface area contributed by atoms with Gasteiger partial charge in [0.05, 0.1) is 6.04 Å². The minimum Gasteiger partial charge on any atom is -0.456 e. The predicted molar refractivity (Wildman–Crippen MR) is 186 cm³/mol. The largest absolute Gasteiger partial charge is 0.508 e. The number of carbonyl (C=O) groups is 3. The lowest BCUT2D eigenvalue weighted by Gasteiger charge is -2.42. The van der Waals surface area contributed by atoms with E-state index in [1.54, 1.807) is 6.08 Å². The van der Waals surface area contributed by atoms with Gasteiger partial charge in [-0.05, 0) is 46.7 Å². The van der Waals surface area contributed by atoms with Gasteiger partial charge in [-0.1, -0.05) is 102 Å². The third-order valence-corrected chi connectivity index (χ3v) is 14.9. The van der Waals surface area contributed by atoms with Gasteiger partial charge < -0.3 is 28.1 Å². The van der Waals surface area contributed by atoms with E-state index in [1.165, 1.54) is 12.0 Å². The monoisotopic (exact) mass is 683 g/mol. The lowest BCUT2D eigenvalue weighted by Crippen LogP contribution is -2.49. The first-order chi connectivity index (χ1) is 23.0. The Hall–Kier alpha value is -3.67. The maximum Gasteiger partial charge on any atom is 0.508 e. The molecule has 1 aliphatic heterocycles. The Bertz CT molecular complexity index is 1290. The fourth-order valence-corrected chi connectivity index (χ4v) is 12.2. The minimum absolute atomic E-state index is 0.0452. The molecule has 0 aromatic heterocycles. The molecule has 0 saturated heterocycles. The number of benzene rings is 2. The van der Waals surface area contributed by atoms with E-state index >= 15 is 0 Å². The third-order valence-electron chi connectivity index (χ3n) is 8.73. The molecule has 2 aromatic rings. The van der Waals surface area contributed by atoms with Gasteiger partial charge in [0.25, 0.3) is 0 Å². The lowest BCUT2D eigenvalue weighted by molar-refractivity contribution is -0.152. The highest BCUT2D eigenvalue weighted by molar-refractivity contribution is 6.77. The molecule has 0 unspecified atom stereocenters. The van der Waals surface area contributed by atoms with Crippen molar-refractivity contribution in [2.45, 2.75) is 103 Å². The summed E-state index contributed by atoms with van der Waals surface area (Å²) in [6, 6.07) is 18.0. The van der Waals surface area contributed by atoms with Crippen molar-refractivity contribution in [3.05, 3.63) is 83.6 Å². The molecule has 0 radical (unpaired) electrons. The highest BCUT2D eigenvalue weighted by Crippen LogP contribution is 2.42. The maximum absolute atomic E-state index is 13.8. The van der Waals surface area contributed by atoms with Gasteiger partial charge in [0.15, 0.2) is 8.32 Å². The molecule has 1 aliphatic rings. The molecule has 2 atom stereocenters. The van der Waals surface area contributed by atoms with Gasteiger partial charge in [0, 0.05) is 25.8 Å². The summed E-state index contributed by atoms with van der Waals surface area (Å²) in [4.78, 5) is 40.4. The topological polar surface area (TPSA) is 110 Å². The Morgan fingerprint density at radius 1 is 0.812 bits per heavy atom. The van der Waals surface area contributed by atoms with E-state index in [9.17, 15) is 14.4 Å². The third kappa shape index (κ3) is 11.2. The van der Waals surface area contributed by atoms with Crippen LogP contribution in [0.4, 0.5) is 9.59 Å². The molecule has 264 valence electrons. The van der Waals surface area contributed by atoms with Crippen LogP contribution in [0.1, 0.15) is 71.9 Å². The van der Waals surface area contributed by atoms with Crippen LogP contribution in [0.2, 0.25) is 16.6 Å². The normalized spacial score (nSPS) is 16.5. The second kappa shape index (κ2) is 19.4. The van der Waals surface area contributed by atoms with Gasteiger partial charge in [-0.25, -0.2) is 14.4 Å².